The Morgan fingerprint density at radius 3 is 2.27 bits per heavy atom. The van der Waals surface area contributed by atoms with E-state index in [1.165, 1.54) is 0 Å². The predicted molar refractivity (Wildman–Crippen MR) is 174 cm³/mol. The lowest BCUT2D eigenvalue weighted by molar-refractivity contribution is -0.133. The monoisotopic (exact) mass is 639 g/mol. The number of esters is 1. The summed E-state index contributed by atoms with van der Waals surface area (Å²) in [6, 6.07) is 5.81. The number of amides is 3. The predicted octanol–water partition coefficient (Wildman–Crippen LogP) is 4.46. The van der Waals surface area contributed by atoms with Gasteiger partial charge in [0, 0.05) is 75.1 Å². The minimum atomic E-state index is -0.435. The van der Waals surface area contributed by atoms with Gasteiger partial charge < -0.3 is 29.3 Å². The minimum absolute atomic E-state index is 0.0298. The molecule has 11 heteroatoms. The van der Waals surface area contributed by atoms with Crippen molar-refractivity contribution in [3.63, 3.8) is 0 Å². The quantitative estimate of drug-likeness (QED) is 0.406. The van der Waals surface area contributed by atoms with Gasteiger partial charge in [0.05, 0.1) is 12.2 Å². The van der Waals surface area contributed by atoms with E-state index in [9.17, 15) is 19.2 Å². The number of nitrogens with zero attached hydrogens (tertiary/aromatic N) is 4. The van der Waals surface area contributed by atoms with Crippen LogP contribution in [0.25, 0.3) is 0 Å². The van der Waals surface area contributed by atoms with Crippen LogP contribution in [0.1, 0.15) is 70.8 Å². The van der Waals surface area contributed by atoms with Gasteiger partial charge in [0.2, 0.25) is 11.8 Å². The standard InChI is InChI=1S/C34H46ClN5O5/c1-6-45-34(44)31-22(3)30(23(4)36-31)33(43)39-19-26-17-37(18-27(26)20-39)12-7-13-40(28-9-8-21(2)29(35)16-28)32(42)25-10-14-38(15-11-25)24(5)41/h8-9,16,25-27,36H,6-7,10-15,17-20H2,1-5H3. The van der Waals surface area contributed by atoms with Gasteiger partial charge in [-0.3, -0.25) is 14.4 Å². The molecule has 3 aliphatic rings. The maximum Gasteiger partial charge on any atom is 0.355 e. The van der Waals surface area contributed by atoms with Crippen LogP contribution in [0.3, 0.4) is 0 Å². The number of carbonyl (C=O) groups excluding carboxylic acids is 4. The van der Waals surface area contributed by atoms with Gasteiger partial charge in [-0.25, -0.2) is 4.79 Å². The number of halogens is 1. The molecule has 0 saturated carbocycles. The number of benzene rings is 1. The summed E-state index contributed by atoms with van der Waals surface area (Å²) in [5.41, 5.74) is 4.05. The van der Waals surface area contributed by atoms with Gasteiger partial charge in [0.25, 0.3) is 5.91 Å². The third-order valence-electron chi connectivity index (χ3n) is 9.86. The fourth-order valence-electron chi connectivity index (χ4n) is 7.31. The number of fused-ring (bicyclic) bond motifs is 1. The second-order valence-corrected chi connectivity index (χ2v) is 13.3. The lowest BCUT2D eigenvalue weighted by atomic mass is 9.94. The van der Waals surface area contributed by atoms with Crippen molar-refractivity contribution in [2.24, 2.45) is 17.8 Å². The average Bonchev–Trinajstić information content (AvgIpc) is 3.67. The molecule has 0 radical (unpaired) electrons. The zero-order valence-electron chi connectivity index (χ0n) is 27.2. The Morgan fingerprint density at radius 2 is 1.67 bits per heavy atom. The van der Waals surface area contributed by atoms with E-state index in [1.807, 2.05) is 46.7 Å². The van der Waals surface area contributed by atoms with E-state index in [4.69, 9.17) is 16.3 Å². The first kappa shape index (κ1) is 33.0. The number of nitrogens with one attached hydrogen (secondary N) is 1. The normalized spacial score (nSPS) is 20.4. The number of H-pyrrole nitrogens is 1. The van der Waals surface area contributed by atoms with Crippen molar-refractivity contribution < 1.29 is 23.9 Å². The van der Waals surface area contributed by atoms with E-state index in [0.29, 0.717) is 84.9 Å². The van der Waals surface area contributed by atoms with Crippen molar-refractivity contribution in [1.82, 2.24) is 19.7 Å². The topological polar surface area (TPSA) is 106 Å². The first-order valence-electron chi connectivity index (χ1n) is 16.2. The summed E-state index contributed by atoms with van der Waals surface area (Å²) >= 11 is 6.47. The summed E-state index contributed by atoms with van der Waals surface area (Å²) in [6.45, 7) is 15.1. The van der Waals surface area contributed by atoms with Crippen LogP contribution in [0.2, 0.25) is 5.02 Å². The Hall–Kier alpha value is -3.37. The zero-order chi connectivity index (χ0) is 32.4. The van der Waals surface area contributed by atoms with Crippen LogP contribution in [0.5, 0.6) is 0 Å². The SMILES string of the molecule is CCOC(=O)c1[nH]c(C)c(C(=O)N2CC3CN(CCCN(C(=O)C4CCN(C(C)=O)CC4)c4ccc(C)c(Cl)c4)CC3C2)c1C. The van der Waals surface area contributed by atoms with E-state index in [0.717, 1.165) is 37.3 Å². The Kier molecular flexibility index (Phi) is 10.2. The molecule has 3 amide bonds. The highest BCUT2D eigenvalue weighted by molar-refractivity contribution is 6.31. The molecule has 2 atom stereocenters. The first-order valence-corrected chi connectivity index (χ1v) is 16.6. The van der Waals surface area contributed by atoms with Gasteiger partial charge in [-0.1, -0.05) is 17.7 Å². The fraction of sp³-hybridized carbons (Fsp3) is 0.588. The number of anilines is 1. The minimum Gasteiger partial charge on any atom is -0.461 e. The van der Waals surface area contributed by atoms with Gasteiger partial charge in [-0.2, -0.15) is 0 Å². The van der Waals surface area contributed by atoms with Crippen LogP contribution in [0, 0.1) is 38.5 Å². The summed E-state index contributed by atoms with van der Waals surface area (Å²) in [5.74, 6) is 0.385. The number of carbonyl (C=O) groups is 4. The third kappa shape index (κ3) is 7.07. The second-order valence-electron chi connectivity index (χ2n) is 12.9. The molecular formula is C34H46ClN5O5. The van der Waals surface area contributed by atoms with Gasteiger partial charge >= 0.3 is 5.97 Å². The Morgan fingerprint density at radius 1 is 1.00 bits per heavy atom. The number of aryl methyl sites for hydroxylation is 2. The number of ether oxygens (including phenoxy) is 1. The van der Waals surface area contributed by atoms with Crippen LogP contribution < -0.4 is 4.90 Å². The number of rotatable bonds is 9. The molecular weight excluding hydrogens is 594 g/mol. The highest BCUT2D eigenvalue weighted by atomic mass is 35.5. The molecule has 2 unspecified atom stereocenters. The molecule has 0 aliphatic carbocycles. The first-order chi connectivity index (χ1) is 21.5. The molecule has 3 aliphatic heterocycles. The molecule has 0 bridgehead atoms. The zero-order valence-corrected chi connectivity index (χ0v) is 27.9. The largest absolute Gasteiger partial charge is 0.461 e. The lowest BCUT2D eigenvalue weighted by Crippen LogP contribution is -2.44. The second kappa shape index (κ2) is 14.0. The van der Waals surface area contributed by atoms with Crippen molar-refractivity contribution in [1.29, 1.82) is 0 Å². The molecule has 0 spiro atoms. The fourth-order valence-corrected chi connectivity index (χ4v) is 7.48. The maximum absolute atomic E-state index is 13.8. The van der Waals surface area contributed by atoms with Crippen LogP contribution in [0.4, 0.5) is 5.69 Å². The Labute approximate surface area is 271 Å². The van der Waals surface area contributed by atoms with Crippen LogP contribution >= 0.6 is 11.6 Å². The molecule has 2 aromatic rings. The maximum atomic E-state index is 13.8. The van der Waals surface area contributed by atoms with E-state index >= 15 is 0 Å². The van der Waals surface area contributed by atoms with E-state index in [2.05, 4.69) is 9.88 Å². The Balaban J connectivity index is 1.17. The van der Waals surface area contributed by atoms with Crippen LogP contribution in [-0.2, 0) is 14.3 Å². The van der Waals surface area contributed by atoms with Crippen molar-refractivity contribution >= 4 is 41.0 Å². The number of hydrogen-bond donors (Lipinski definition) is 1. The molecule has 45 heavy (non-hydrogen) atoms. The Bertz CT molecular complexity index is 1430. The van der Waals surface area contributed by atoms with E-state index < -0.39 is 5.97 Å². The van der Waals surface area contributed by atoms with Crippen LogP contribution in [0.15, 0.2) is 18.2 Å². The average molecular weight is 640 g/mol. The summed E-state index contributed by atoms with van der Waals surface area (Å²) in [5, 5.41) is 0.644. The van der Waals surface area contributed by atoms with E-state index in [1.54, 1.807) is 20.8 Å². The number of hydrogen-bond acceptors (Lipinski definition) is 6. The van der Waals surface area contributed by atoms with E-state index in [-0.39, 0.29) is 30.2 Å². The van der Waals surface area contributed by atoms with Crippen LogP contribution in [-0.4, -0.2) is 102 Å². The summed E-state index contributed by atoms with van der Waals surface area (Å²) in [7, 11) is 0. The highest BCUT2D eigenvalue weighted by Gasteiger charge is 2.42. The van der Waals surface area contributed by atoms with Gasteiger partial charge in [-0.15, -0.1) is 0 Å². The molecule has 244 valence electrons. The van der Waals surface area contributed by atoms with Gasteiger partial charge in [-0.05, 0) is 88.6 Å². The molecule has 4 heterocycles. The van der Waals surface area contributed by atoms with Crippen molar-refractivity contribution in [2.75, 3.05) is 63.9 Å². The molecule has 3 saturated heterocycles. The van der Waals surface area contributed by atoms with Crippen molar-refractivity contribution in [2.45, 2.75) is 53.9 Å². The molecule has 10 nitrogen and oxygen atoms in total. The van der Waals surface area contributed by atoms with Crippen molar-refractivity contribution in [3.05, 3.63) is 51.3 Å². The van der Waals surface area contributed by atoms with Crippen molar-refractivity contribution in [3.8, 4) is 0 Å². The van der Waals surface area contributed by atoms with Gasteiger partial charge in [0.15, 0.2) is 0 Å². The smallest absolute Gasteiger partial charge is 0.355 e. The third-order valence-corrected chi connectivity index (χ3v) is 10.3. The number of piperidine rings is 1. The van der Waals surface area contributed by atoms with Gasteiger partial charge in [0.1, 0.15) is 5.69 Å². The number of aromatic nitrogens is 1. The summed E-state index contributed by atoms with van der Waals surface area (Å²) < 4.78 is 5.15. The molecule has 1 aromatic heterocycles. The lowest BCUT2D eigenvalue weighted by Gasteiger charge is -2.34. The molecule has 5 rings (SSSR count). The molecule has 1 N–H and O–H groups in total. The highest BCUT2D eigenvalue weighted by Crippen LogP contribution is 2.34. The molecule has 1 aromatic carbocycles. The summed E-state index contributed by atoms with van der Waals surface area (Å²) in [6.07, 6.45) is 2.17. The number of likely N-dealkylation sites (tertiary alicyclic amines) is 3. The number of aromatic amines is 1. The molecule has 3 fully saturated rings. The summed E-state index contributed by atoms with van der Waals surface area (Å²) in [4.78, 5) is 62.6.